The minimum atomic E-state index is -0.372. The van der Waals surface area contributed by atoms with Crippen LogP contribution in [0.1, 0.15) is 21.6 Å². The van der Waals surface area contributed by atoms with Crippen LogP contribution in [0.25, 0.3) is 10.9 Å². The van der Waals surface area contributed by atoms with Gasteiger partial charge in [0.2, 0.25) is 5.91 Å². The first-order valence-corrected chi connectivity index (χ1v) is 5.68. The molecule has 0 bridgehead atoms. The van der Waals surface area contributed by atoms with Crippen LogP contribution in [0.4, 0.5) is 0 Å². The molecular weight excluding hydrogens is 214 g/mol. The lowest BCUT2D eigenvalue weighted by molar-refractivity contribution is 0.100. The van der Waals surface area contributed by atoms with Crippen LogP contribution in [0.5, 0.6) is 0 Å². The molecule has 1 aromatic heterocycles. The van der Waals surface area contributed by atoms with Gasteiger partial charge in [-0.05, 0) is 6.07 Å². The van der Waals surface area contributed by atoms with Crippen molar-refractivity contribution in [3.05, 3.63) is 41.1 Å². The van der Waals surface area contributed by atoms with E-state index in [9.17, 15) is 4.79 Å². The number of carbonyl (C=O) groups is 1. The maximum atomic E-state index is 11.7. The second-order valence-electron chi connectivity index (χ2n) is 4.22. The normalized spacial score (nSPS) is 14.6. The molecule has 0 saturated heterocycles. The van der Waals surface area contributed by atoms with E-state index in [1.54, 1.807) is 0 Å². The zero-order valence-electron chi connectivity index (χ0n) is 9.36. The van der Waals surface area contributed by atoms with Gasteiger partial charge in [0, 0.05) is 36.2 Å². The van der Waals surface area contributed by atoms with Gasteiger partial charge in [-0.1, -0.05) is 18.2 Å². The molecule has 0 aliphatic carbocycles. The Morgan fingerprint density at radius 3 is 3.00 bits per heavy atom. The summed E-state index contributed by atoms with van der Waals surface area (Å²) in [4.78, 5) is 16.3. The lowest BCUT2D eigenvalue weighted by Gasteiger charge is -2.20. The number of nitrogens with two attached hydrogens (primary N) is 1. The van der Waals surface area contributed by atoms with E-state index in [0.717, 1.165) is 35.1 Å². The van der Waals surface area contributed by atoms with Crippen LogP contribution < -0.4 is 11.1 Å². The fourth-order valence-electron chi connectivity index (χ4n) is 2.40. The Labute approximate surface area is 98.8 Å². The van der Waals surface area contributed by atoms with Crippen LogP contribution in [-0.2, 0) is 13.0 Å². The van der Waals surface area contributed by atoms with Crippen LogP contribution in [-0.4, -0.2) is 17.4 Å². The number of fused-ring (bicyclic) bond motifs is 2. The molecule has 2 heterocycles. The summed E-state index contributed by atoms with van der Waals surface area (Å²) in [6, 6.07) is 7.65. The van der Waals surface area contributed by atoms with Crippen molar-refractivity contribution in [2.75, 3.05) is 6.54 Å². The Bertz CT molecular complexity index is 607. The second-order valence-corrected chi connectivity index (χ2v) is 4.22. The predicted molar refractivity (Wildman–Crippen MR) is 65.7 cm³/mol. The van der Waals surface area contributed by atoms with Gasteiger partial charge in [0.1, 0.15) is 0 Å². The van der Waals surface area contributed by atoms with Crippen LogP contribution >= 0.6 is 0 Å². The molecule has 3 N–H and O–H groups in total. The maximum absolute atomic E-state index is 11.7. The van der Waals surface area contributed by atoms with Gasteiger partial charge in [-0.3, -0.25) is 9.78 Å². The third-order valence-electron chi connectivity index (χ3n) is 3.17. The molecular formula is C13H13N3O. The van der Waals surface area contributed by atoms with Crippen molar-refractivity contribution >= 4 is 16.8 Å². The molecule has 3 rings (SSSR count). The number of hydrogen-bond acceptors (Lipinski definition) is 3. The summed E-state index contributed by atoms with van der Waals surface area (Å²) in [6.07, 6.45) is 0.848. The molecule has 1 aromatic carbocycles. The Kier molecular flexibility index (Phi) is 2.30. The second kappa shape index (κ2) is 3.82. The molecule has 1 aliphatic heterocycles. The van der Waals surface area contributed by atoms with Crippen molar-refractivity contribution in [2.24, 2.45) is 5.73 Å². The summed E-state index contributed by atoms with van der Waals surface area (Å²) >= 11 is 0. The van der Waals surface area contributed by atoms with Crippen molar-refractivity contribution in [1.29, 1.82) is 0 Å². The van der Waals surface area contributed by atoms with Crippen molar-refractivity contribution in [1.82, 2.24) is 10.3 Å². The number of nitrogens with zero attached hydrogens (tertiary/aromatic N) is 1. The molecule has 4 nitrogen and oxygen atoms in total. The number of primary amides is 1. The van der Waals surface area contributed by atoms with Crippen molar-refractivity contribution in [2.45, 2.75) is 13.0 Å². The topological polar surface area (TPSA) is 68.0 Å². The molecule has 4 heteroatoms. The molecule has 0 fully saturated rings. The first-order chi connectivity index (χ1) is 8.27. The van der Waals surface area contributed by atoms with E-state index < -0.39 is 0 Å². The predicted octanol–water partition coefficient (Wildman–Crippen LogP) is 0.979. The maximum Gasteiger partial charge on any atom is 0.249 e. The fraction of sp³-hybridized carbons (Fsp3) is 0.231. The molecule has 1 amide bonds. The van der Waals surface area contributed by atoms with Crippen LogP contribution in [0.15, 0.2) is 24.3 Å². The van der Waals surface area contributed by atoms with E-state index in [2.05, 4.69) is 10.3 Å². The molecule has 0 atom stereocenters. The molecule has 0 unspecified atom stereocenters. The Morgan fingerprint density at radius 1 is 1.35 bits per heavy atom. The Morgan fingerprint density at radius 2 is 2.18 bits per heavy atom. The summed E-state index contributed by atoms with van der Waals surface area (Å²) in [7, 11) is 0. The minimum Gasteiger partial charge on any atom is -0.366 e. The number of hydrogen-bond donors (Lipinski definition) is 2. The van der Waals surface area contributed by atoms with E-state index in [1.165, 1.54) is 0 Å². The van der Waals surface area contributed by atoms with Crippen LogP contribution in [0, 0.1) is 0 Å². The number of carbonyl (C=O) groups excluding carboxylic acids is 1. The van der Waals surface area contributed by atoms with Gasteiger partial charge in [-0.25, -0.2) is 0 Å². The summed E-state index contributed by atoms with van der Waals surface area (Å²) < 4.78 is 0. The number of nitrogens with one attached hydrogen (secondary N) is 1. The number of aromatic nitrogens is 1. The van der Waals surface area contributed by atoms with Crippen molar-refractivity contribution < 1.29 is 4.79 Å². The monoisotopic (exact) mass is 227 g/mol. The molecule has 0 radical (unpaired) electrons. The first kappa shape index (κ1) is 10.2. The third-order valence-corrected chi connectivity index (χ3v) is 3.17. The number of para-hydroxylation sites is 1. The van der Waals surface area contributed by atoms with E-state index in [1.807, 2.05) is 24.3 Å². The highest BCUT2D eigenvalue weighted by Crippen LogP contribution is 2.25. The zero-order valence-corrected chi connectivity index (χ0v) is 9.36. The van der Waals surface area contributed by atoms with Crippen molar-refractivity contribution in [3.8, 4) is 0 Å². The van der Waals surface area contributed by atoms with Crippen molar-refractivity contribution in [3.63, 3.8) is 0 Å². The van der Waals surface area contributed by atoms with E-state index >= 15 is 0 Å². The van der Waals surface area contributed by atoms with E-state index in [0.29, 0.717) is 12.1 Å². The molecule has 0 saturated carbocycles. The number of pyridine rings is 1. The largest absolute Gasteiger partial charge is 0.366 e. The van der Waals surface area contributed by atoms with Gasteiger partial charge in [0.25, 0.3) is 0 Å². The van der Waals surface area contributed by atoms with Gasteiger partial charge < -0.3 is 11.1 Å². The van der Waals surface area contributed by atoms with Gasteiger partial charge in [-0.2, -0.15) is 0 Å². The first-order valence-electron chi connectivity index (χ1n) is 5.68. The SMILES string of the molecule is NC(=O)c1c2c(nc3ccccc13)CCNC2. The molecule has 0 spiro atoms. The fourth-order valence-corrected chi connectivity index (χ4v) is 2.40. The van der Waals surface area contributed by atoms with E-state index in [4.69, 9.17) is 5.73 Å². The van der Waals surface area contributed by atoms with Gasteiger partial charge >= 0.3 is 0 Å². The van der Waals surface area contributed by atoms with Gasteiger partial charge in [0.05, 0.1) is 11.1 Å². The lowest BCUT2D eigenvalue weighted by Crippen LogP contribution is -2.28. The molecule has 86 valence electrons. The average molecular weight is 227 g/mol. The quantitative estimate of drug-likeness (QED) is 0.763. The Balaban J connectivity index is 2.40. The third kappa shape index (κ3) is 1.57. The van der Waals surface area contributed by atoms with Crippen LogP contribution in [0.3, 0.4) is 0 Å². The van der Waals surface area contributed by atoms with E-state index in [-0.39, 0.29) is 5.91 Å². The lowest BCUT2D eigenvalue weighted by atomic mass is 9.96. The van der Waals surface area contributed by atoms with Crippen LogP contribution in [0.2, 0.25) is 0 Å². The van der Waals surface area contributed by atoms with Gasteiger partial charge in [0.15, 0.2) is 0 Å². The highest BCUT2D eigenvalue weighted by molar-refractivity contribution is 6.07. The summed E-state index contributed by atoms with van der Waals surface area (Å²) in [5, 5.41) is 4.10. The number of benzene rings is 1. The molecule has 2 aromatic rings. The smallest absolute Gasteiger partial charge is 0.249 e. The zero-order chi connectivity index (χ0) is 11.8. The summed E-state index contributed by atoms with van der Waals surface area (Å²) in [6.45, 7) is 1.57. The summed E-state index contributed by atoms with van der Waals surface area (Å²) in [5.74, 6) is -0.372. The Hall–Kier alpha value is -1.94. The minimum absolute atomic E-state index is 0.372. The standard InChI is InChI=1S/C13H13N3O/c14-13(17)12-8-3-1-2-4-10(8)16-11-5-6-15-7-9(11)12/h1-4,15H,5-7H2,(H2,14,17). The average Bonchev–Trinajstić information content (AvgIpc) is 2.35. The molecule has 17 heavy (non-hydrogen) atoms. The summed E-state index contributed by atoms with van der Waals surface area (Å²) in [5.41, 5.74) is 8.94. The van der Waals surface area contributed by atoms with Gasteiger partial charge in [-0.15, -0.1) is 0 Å². The highest BCUT2D eigenvalue weighted by atomic mass is 16.1. The number of rotatable bonds is 1. The highest BCUT2D eigenvalue weighted by Gasteiger charge is 2.20. The number of amides is 1. The molecule has 1 aliphatic rings.